The van der Waals surface area contributed by atoms with Crippen LogP contribution in [-0.4, -0.2) is 12.1 Å². The summed E-state index contributed by atoms with van der Waals surface area (Å²) in [6.07, 6.45) is 8.78. The summed E-state index contributed by atoms with van der Waals surface area (Å²) in [5.41, 5.74) is 1.60. The molecule has 1 spiro atoms. The monoisotopic (exact) mass is 265 g/mol. The minimum absolute atomic E-state index is 0.283. The van der Waals surface area contributed by atoms with Gasteiger partial charge < -0.3 is 5.32 Å². The van der Waals surface area contributed by atoms with Crippen molar-refractivity contribution in [1.29, 1.82) is 0 Å². The van der Waals surface area contributed by atoms with E-state index >= 15 is 0 Å². The van der Waals surface area contributed by atoms with Crippen molar-refractivity contribution in [3.05, 3.63) is 0 Å². The number of hydrogen-bond acceptors (Lipinski definition) is 1. The van der Waals surface area contributed by atoms with Crippen molar-refractivity contribution in [2.75, 3.05) is 6.54 Å². The van der Waals surface area contributed by atoms with Crippen LogP contribution in [0.2, 0.25) is 0 Å². The van der Waals surface area contributed by atoms with Crippen molar-refractivity contribution in [2.45, 2.75) is 85.6 Å². The third kappa shape index (κ3) is 3.54. The van der Waals surface area contributed by atoms with Crippen molar-refractivity contribution in [2.24, 2.45) is 22.7 Å². The summed E-state index contributed by atoms with van der Waals surface area (Å²) in [4.78, 5) is 0. The quantitative estimate of drug-likeness (QED) is 0.753. The van der Waals surface area contributed by atoms with Crippen molar-refractivity contribution in [1.82, 2.24) is 5.32 Å². The highest BCUT2D eigenvalue weighted by Crippen LogP contribution is 2.63. The predicted octanol–water partition coefficient (Wildman–Crippen LogP) is 5.01. The van der Waals surface area contributed by atoms with E-state index in [4.69, 9.17) is 0 Å². The fourth-order valence-electron chi connectivity index (χ4n) is 4.03. The van der Waals surface area contributed by atoms with Crippen LogP contribution in [0.15, 0.2) is 0 Å². The molecule has 2 aliphatic carbocycles. The van der Waals surface area contributed by atoms with Gasteiger partial charge >= 0.3 is 0 Å². The van der Waals surface area contributed by atoms with Gasteiger partial charge in [-0.3, -0.25) is 0 Å². The summed E-state index contributed by atoms with van der Waals surface area (Å²) in [5.74, 6) is 1.94. The van der Waals surface area contributed by atoms with Crippen LogP contribution in [0.25, 0.3) is 0 Å². The molecule has 0 aromatic heterocycles. The molecule has 2 rings (SSSR count). The van der Waals surface area contributed by atoms with Gasteiger partial charge in [0.05, 0.1) is 0 Å². The molecule has 2 aliphatic rings. The second kappa shape index (κ2) is 5.06. The van der Waals surface area contributed by atoms with Gasteiger partial charge in [-0.25, -0.2) is 0 Å². The van der Waals surface area contributed by atoms with E-state index in [0.717, 1.165) is 17.3 Å². The van der Waals surface area contributed by atoms with Crippen molar-refractivity contribution in [3.8, 4) is 0 Å². The van der Waals surface area contributed by atoms with Crippen molar-refractivity contribution in [3.63, 3.8) is 0 Å². The van der Waals surface area contributed by atoms with Crippen LogP contribution in [0.5, 0.6) is 0 Å². The van der Waals surface area contributed by atoms with Gasteiger partial charge in [0.1, 0.15) is 0 Å². The largest absolute Gasteiger partial charge is 0.312 e. The van der Waals surface area contributed by atoms with Crippen molar-refractivity contribution >= 4 is 0 Å². The molecular formula is C18H35N. The average molecular weight is 265 g/mol. The minimum Gasteiger partial charge on any atom is -0.312 e. The van der Waals surface area contributed by atoms with Gasteiger partial charge in [-0.2, -0.15) is 0 Å². The van der Waals surface area contributed by atoms with E-state index in [9.17, 15) is 0 Å². The molecule has 112 valence electrons. The maximum absolute atomic E-state index is 3.71. The lowest BCUT2D eigenvalue weighted by Crippen LogP contribution is -2.38. The molecule has 1 unspecified atom stereocenters. The van der Waals surface area contributed by atoms with Crippen LogP contribution < -0.4 is 5.32 Å². The van der Waals surface area contributed by atoms with Crippen LogP contribution >= 0.6 is 0 Å². The molecular weight excluding hydrogens is 230 g/mol. The summed E-state index contributed by atoms with van der Waals surface area (Å²) in [6.45, 7) is 15.4. The van der Waals surface area contributed by atoms with Crippen molar-refractivity contribution < 1.29 is 0 Å². The zero-order chi connectivity index (χ0) is 14.3. The molecule has 2 fully saturated rings. The van der Waals surface area contributed by atoms with E-state index in [2.05, 4.69) is 46.9 Å². The predicted molar refractivity (Wildman–Crippen MR) is 84.3 cm³/mol. The average Bonchev–Trinajstić information content (AvgIpc) is 2.99. The Labute approximate surface area is 120 Å². The zero-order valence-corrected chi connectivity index (χ0v) is 14.1. The van der Waals surface area contributed by atoms with Gasteiger partial charge in [-0.15, -0.1) is 0 Å². The Kier molecular flexibility index (Phi) is 4.09. The van der Waals surface area contributed by atoms with Gasteiger partial charge in [0.25, 0.3) is 0 Å². The van der Waals surface area contributed by atoms with E-state index in [0.29, 0.717) is 5.41 Å². The summed E-state index contributed by atoms with van der Waals surface area (Å²) < 4.78 is 0. The lowest BCUT2D eigenvalue weighted by molar-refractivity contribution is 0.114. The first-order valence-electron chi connectivity index (χ1n) is 8.44. The Hall–Kier alpha value is -0.0400. The Morgan fingerprint density at radius 3 is 2.11 bits per heavy atom. The highest BCUT2D eigenvalue weighted by Gasteiger charge is 2.55. The molecule has 0 aromatic carbocycles. The minimum atomic E-state index is 0.283. The second-order valence-electron chi connectivity index (χ2n) is 9.01. The summed E-state index contributed by atoms with van der Waals surface area (Å²) in [6, 6.07) is 0. The number of rotatable bonds is 4. The van der Waals surface area contributed by atoms with Crippen LogP contribution in [0.3, 0.4) is 0 Å². The first kappa shape index (κ1) is 15.4. The van der Waals surface area contributed by atoms with E-state index in [1.807, 2.05) is 0 Å². The Morgan fingerprint density at radius 2 is 1.63 bits per heavy atom. The molecule has 0 radical (unpaired) electrons. The van der Waals surface area contributed by atoms with Crippen LogP contribution in [0.1, 0.15) is 80.1 Å². The highest BCUT2D eigenvalue weighted by molar-refractivity contribution is 5.06. The lowest BCUT2D eigenvalue weighted by atomic mass is 9.66. The van der Waals surface area contributed by atoms with E-state index in [1.54, 1.807) is 0 Å². The molecule has 1 nitrogen and oxygen atoms in total. The third-order valence-electron chi connectivity index (χ3n) is 6.24. The normalized spacial score (nSPS) is 35.7. The molecule has 0 aliphatic heterocycles. The van der Waals surface area contributed by atoms with Gasteiger partial charge in [-0.05, 0) is 82.1 Å². The van der Waals surface area contributed by atoms with Gasteiger partial charge in [0, 0.05) is 5.54 Å². The molecule has 2 saturated carbocycles. The topological polar surface area (TPSA) is 12.0 Å². The molecule has 1 atom stereocenters. The molecule has 0 amide bonds. The molecule has 1 N–H and O–H groups in total. The van der Waals surface area contributed by atoms with Crippen LogP contribution in [-0.2, 0) is 0 Å². The molecule has 0 aromatic rings. The van der Waals surface area contributed by atoms with Gasteiger partial charge in [-0.1, -0.05) is 27.2 Å². The third-order valence-corrected chi connectivity index (χ3v) is 6.24. The van der Waals surface area contributed by atoms with E-state index in [1.165, 1.54) is 45.1 Å². The summed E-state index contributed by atoms with van der Waals surface area (Å²) >= 11 is 0. The standard InChI is InChI=1S/C18H35N/c1-7-17(5,6)14-8-10-18(11-9-14)12-15(18)13-19-16(2,3)4/h14-15,19H,7-13H2,1-6H3. The Balaban J connectivity index is 1.79. The van der Waals surface area contributed by atoms with Crippen LogP contribution in [0.4, 0.5) is 0 Å². The molecule has 19 heavy (non-hydrogen) atoms. The smallest absolute Gasteiger partial charge is 0.00966 e. The van der Waals surface area contributed by atoms with E-state index < -0.39 is 0 Å². The Morgan fingerprint density at radius 1 is 1.05 bits per heavy atom. The summed E-state index contributed by atoms with van der Waals surface area (Å²) in [5, 5.41) is 3.71. The first-order chi connectivity index (χ1) is 8.69. The fourth-order valence-corrected chi connectivity index (χ4v) is 4.03. The first-order valence-corrected chi connectivity index (χ1v) is 8.44. The van der Waals surface area contributed by atoms with E-state index in [-0.39, 0.29) is 5.54 Å². The number of hydrogen-bond donors (Lipinski definition) is 1. The number of nitrogens with one attached hydrogen (secondary N) is 1. The molecule has 0 saturated heterocycles. The second-order valence-corrected chi connectivity index (χ2v) is 9.01. The highest BCUT2D eigenvalue weighted by atomic mass is 15.0. The summed E-state index contributed by atoms with van der Waals surface area (Å²) in [7, 11) is 0. The zero-order valence-electron chi connectivity index (χ0n) is 14.1. The molecule has 0 heterocycles. The molecule has 1 heteroatoms. The lowest BCUT2D eigenvalue weighted by Gasteiger charge is -2.39. The SMILES string of the molecule is CCC(C)(C)C1CCC2(CC1)CC2CNC(C)(C)C. The molecule has 0 bridgehead atoms. The maximum Gasteiger partial charge on any atom is 0.00966 e. The maximum atomic E-state index is 3.71. The fraction of sp³-hybridized carbons (Fsp3) is 1.00. The van der Waals surface area contributed by atoms with Gasteiger partial charge in [0.2, 0.25) is 0 Å². The Bertz CT molecular complexity index is 302. The van der Waals surface area contributed by atoms with Crippen LogP contribution in [0, 0.1) is 22.7 Å². The van der Waals surface area contributed by atoms with Gasteiger partial charge in [0.15, 0.2) is 0 Å².